The maximum absolute atomic E-state index is 15.1. The summed E-state index contributed by atoms with van der Waals surface area (Å²) in [6.07, 6.45) is 8.24. The molecule has 2 aromatic rings. The second kappa shape index (κ2) is 8.77. The van der Waals surface area contributed by atoms with Crippen molar-refractivity contribution in [2.45, 2.75) is 76.5 Å². The van der Waals surface area contributed by atoms with E-state index in [-0.39, 0.29) is 23.9 Å². The standard InChI is InChI=1S/C27H34FN5O/c1-17-11-20(18-7-8-19-22(12-18)26(2,3)15-31-24(19)34)21-13-30-25(33-23(21)14-29-17)32-16-27(28)9-5-4-6-10-27/h7-8,11-13,17,29H,4-6,9-10,14-16H2,1-3H3,(H,31,34)(H,30,32,33)/t17-/m1/s1. The van der Waals surface area contributed by atoms with Crippen LogP contribution in [0.15, 0.2) is 30.5 Å². The lowest BCUT2D eigenvalue weighted by atomic mass is 9.77. The van der Waals surface area contributed by atoms with Gasteiger partial charge in [-0.1, -0.05) is 45.3 Å². The van der Waals surface area contributed by atoms with Gasteiger partial charge in [-0.15, -0.1) is 0 Å². The first-order chi connectivity index (χ1) is 16.2. The van der Waals surface area contributed by atoms with E-state index in [0.29, 0.717) is 31.9 Å². The van der Waals surface area contributed by atoms with E-state index in [0.717, 1.165) is 52.8 Å². The van der Waals surface area contributed by atoms with Crippen LogP contribution in [0.3, 0.4) is 0 Å². The Kier molecular flexibility index (Phi) is 5.92. The van der Waals surface area contributed by atoms with Gasteiger partial charge in [0.25, 0.3) is 5.91 Å². The van der Waals surface area contributed by atoms with Crippen LogP contribution in [0.1, 0.15) is 85.6 Å². The van der Waals surface area contributed by atoms with Crippen molar-refractivity contribution >= 4 is 17.4 Å². The van der Waals surface area contributed by atoms with E-state index in [1.54, 1.807) is 0 Å². The van der Waals surface area contributed by atoms with Crippen LogP contribution in [0.4, 0.5) is 10.3 Å². The Morgan fingerprint density at radius 1 is 1.18 bits per heavy atom. The van der Waals surface area contributed by atoms with E-state index in [2.05, 4.69) is 53.8 Å². The van der Waals surface area contributed by atoms with Crippen molar-refractivity contribution in [3.05, 3.63) is 58.4 Å². The number of alkyl halides is 1. The number of benzene rings is 1. The molecule has 180 valence electrons. The number of carbonyl (C=O) groups excluding carboxylic acids is 1. The van der Waals surface area contributed by atoms with E-state index in [4.69, 9.17) is 4.98 Å². The Balaban J connectivity index is 1.46. The Morgan fingerprint density at radius 3 is 2.76 bits per heavy atom. The second-order valence-electron chi connectivity index (χ2n) is 10.7. The second-order valence-corrected chi connectivity index (χ2v) is 10.7. The topological polar surface area (TPSA) is 78.9 Å². The van der Waals surface area contributed by atoms with Crippen molar-refractivity contribution in [1.82, 2.24) is 20.6 Å². The molecule has 1 amide bonds. The molecule has 3 N–H and O–H groups in total. The maximum Gasteiger partial charge on any atom is 0.251 e. The zero-order valence-corrected chi connectivity index (χ0v) is 20.3. The van der Waals surface area contributed by atoms with Gasteiger partial charge in [0.05, 0.1) is 12.2 Å². The normalized spacial score (nSPS) is 23.1. The smallest absolute Gasteiger partial charge is 0.251 e. The van der Waals surface area contributed by atoms with Crippen molar-refractivity contribution in [3.8, 4) is 0 Å². The number of aromatic nitrogens is 2. The highest BCUT2D eigenvalue weighted by atomic mass is 19.1. The fraction of sp³-hybridized carbons (Fsp3) is 0.519. The lowest BCUT2D eigenvalue weighted by Crippen LogP contribution is -2.43. The third kappa shape index (κ3) is 4.45. The number of fused-ring (bicyclic) bond motifs is 2. The fourth-order valence-corrected chi connectivity index (χ4v) is 5.33. The molecule has 0 spiro atoms. The molecular formula is C27H34FN5O. The number of carbonyl (C=O) groups is 1. The third-order valence-corrected chi connectivity index (χ3v) is 7.47. The molecule has 34 heavy (non-hydrogen) atoms. The molecule has 1 saturated carbocycles. The van der Waals surface area contributed by atoms with Crippen LogP contribution in [0.2, 0.25) is 0 Å². The minimum absolute atomic E-state index is 0.0196. The average molecular weight is 464 g/mol. The molecule has 1 aliphatic carbocycles. The molecule has 2 aliphatic heterocycles. The number of halogens is 1. The first-order valence-corrected chi connectivity index (χ1v) is 12.4. The predicted octanol–water partition coefficient (Wildman–Crippen LogP) is 4.51. The van der Waals surface area contributed by atoms with Gasteiger partial charge in [0.1, 0.15) is 5.67 Å². The van der Waals surface area contributed by atoms with Crippen LogP contribution < -0.4 is 16.0 Å². The third-order valence-electron chi connectivity index (χ3n) is 7.47. The van der Waals surface area contributed by atoms with E-state index in [1.807, 2.05) is 18.3 Å². The molecule has 5 rings (SSSR count). The first kappa shape index (κ1) is 23.0. The summed E-state index contributed by atoms with van der Waals surface area (Å²) in [5.74, 6) is 0.453. The van der Waals surface area contributed by atoms with Crippen molar-refractivity contribution in [1.29, 1.82) is 0 Å². The maximum atomic E-state index is 15.1. The highest BCUT2D eigenvalue weighted by Crippen LogP contribution is 2.35. The molecular weight excluding hydrogens is 429 g/mol. The van der Waals surface area contributed by atoms with Crippen LogP contribution in [-0.2, 0) is 12.0 Å². The molecule has 3 heterocycles. The SMILES string of the molecule is C[C@@H]1C=C(c2ccc3c(c2)C(C)(C)CNC3=O)c2cnc(NCC3(F)CCCCC3)nc2CN1. The minimum atomic E-state index is -1.17. The van der Waals surface area contributed by atoms with Gasteiger partial charge in [-0.3, -0.25) is 4.79 Å². The Morgan fingerprint density at radius 2 is 1.97 bits per heavy atom. The summed E-state index contributed by atoms with van der Waals surface area (Å²) in [4.78, 5) is 21.7. The van der Waals surface area contributed by atoms with Gasteiger partial charge in [0.15, 0.2) is 0 Å². The fourth-order valence-electron chi connectivity index (χ4n) is 5.33. The number of hydrogen-bond donors (Lipinski definition) is 3. The summed E-state index contributed by atoms with van der Waals surface area (Å²) in [5, 5.41) is 9.64. The summed E-state index contributed by atoms with van der Waals surface area (Å²) in [7, 11) is 0. The number of hydrogen-bond acceptors (Lipinski definition) is 5. The molecule has 0 saturated heterocycles. The van der Waals surface area contributed by atoms with Crippen LogP contribution in [0.25, 0.3) is 5.57 Å². The predicted molar refractivity (Wildman–Crippen MR) is 133 cm³/mol. The molecule has 1 atom stereocenters. The summed E-state index contributed by atoms with van der Waals surface area (Å²) in [5.41, 5.74) is 4.43. The number of rotatable bonds is 4. The molecule has 3 aliphatic rings. The molecule has 7 heteroatoms. The van der Waals surface area contributed by atoms with Crippen LogP contribution in [-0.4, -0.2) is 40.7 Å². The highest BCUT2D eigenvalue weighted by Gasteiger charge is 2.33. The van der Waals surface area contributed by atoms with Gasteiger partial charge in [0, 0.05) is 41.9 Å². The monoisotopic (exact) mass is 463 g/mol. The van der Waals surface area contributed by atoms with Gasteiger partial charge in [-0.25, -0.2) is 14.4 Å². The number of nitrogens with zero attached hydrogens (tertiary/aromatic N) is 2. The number of anilines is 1. The minimum Gasteiger partial charge on any atom is -0.351 e. The zero-order valence-electron chi connectivity index (χ0n) is 20.3. The van der Waals surface area contributed by atoms with E-state index >= 15 is 4.39 Å². The van der Waals surface area contributed by atoms with Gasteiger partial charge < -0.3 is 16.0 Å². The summed E-state index contributed by atoms with van der Waals surface area (Å²) < 4.78 is 15.1. The molecule has 0 unspecified atom stereocenters. The van der Waals surface area contributed by atoms with Gasteiger partial charge in [-0.05, 0) is 48.6 Å². The number of nitrogens with one attached hydrogen (secondary N) is 3. The Bertz CT molecular complexity index is 1140. The van der Waals surface area contributed by atoms with E-state index in [9.17, 15) is 4.79 Å². The Labute approximate surface area is 200 Å². The molecule has 1 aromatic heterocycles. The quantitative estimate of drug-likeness (QED) is 0.622. The van der Waals surface area contributed by atoms with E-state index < -0.39 is 5.67 Å². The summed E-state index contributed by atoms with van der Waals surface area (Å²) >= 11 is 0. The largest absolute Gasteiger partial charge is 0.351 e. The molecule has 0 radical (unpaired) electrons. The lowest BCUT2D eigenvalue weighted by molar-refractivity contribution is 0.0929. The number of amides is 1. The molecule has 1 fully saturated rings. The van der Waals surface area contributed by atoms with Crippen LogP contribution in [0, 0.1) is 0 Å². The van der Waals surface area contributed by atoms with Crippen molar-refractivity contribution in [3.63, 3.8) is 0 Å². The van der Waals surface area contributed by atoms with Crippen LogP contribution in [0.5, 0.6) is 0 Å². The van der Waals surface area contributed by atoms with Crippen LogP contribution >= 0.6 is 0 Å². The highest BCUT2D eigenvalue weighted by molar-refractivity contribution is 5.98. The Hall–Kier alpha value is -2.80. The van der Waals surface area contributed by atoms with Crippen molar-refractivity contribution in [2.75, 3.05) is 18.4 Å². The van der Waals surface area contributed by atoms with Gasteiger partial charge in [-0.2, -0.15) is 0 Å². The first-order valence-electron chi connectivity index (χ1n) is 12.4. The lowest BCUT2D eigenvalue weighted by Gasteiger charge is -2.33. The van der Waals surface area contributed by atoms with E-state index in [1.165, 1.54) is 0 Å². The summed E-state index contributed by atoms with van der Waals surface area (Å²) in [6.45, 7) is 7.89. The molecule has 1 aromatic carbocycles. The molecule has 6 nitrogen and oxygen atoms in total. The molecule has 0 bridgehead atoms. The van der Waals surface area contributed by atoms with Gasteiger partial charge >= 0.3 is 0 Å². The van der Waals surface area contributed by atoms with Crippen molar-refractivity contribution < 1.29 is 9.18 Å². The summed E-state index contributed by atoms with van der Waals surface area (Å²) in [6, 6.07) is 6.22. The zero-order chi connectivity index (χ0) is 23.9. The average Bonchev–Trinajstić information content (AvgIpc) is 2.99. The van der Waals surface area contributed by atoms with Gasteiger partial charge in [0.2, 0.25) is 5.95 Å². The van der Waals surface area contributed by atoms with Crippen molar-refractivity contribution in [2.24, 2.45) is 0 Å².